The molecule has 0 aliphatic heterocycles. The van der Waals surface area contributed by atoms with Crippen LogP contribution in [0.4, 0.5) is 0 Å². The molecule has 0 amide bonds. The fourth-order valence-corrected chi connectivity index (χ4v) is 9.58. The minimum Gasteiger partial charge on any atom is -0.385 e. The topological polar surface area (TPSA) is 71.5 Å². The fraction of sp³-hybridized carbons (Fsp3) is 0.0385. The highest BCUT2D eigenvalue weighted by Gasteiger charge is 2.23. The average Bonchev–Trinajstić information content (AvgIpc) is 4.01. The molecular formula is C52H37N7. The van der Waals surface area contributed by atoms with Crippen molar-refractivity contribution in [1.82, 2.24) is 28.2 Å². The van der Waals surface area contributed by atoms with Gasteiger partial charge in [-0.15, -0.1) is 0 Å². The second-order valence-corrected chi connectivity index (χ2v) is 15.3. The summed E-state index contributed by atoms with van der Waals surface area (Å²) < 4.78 is 9.10. The summed E-state index contributed by atoms with van der Waals surface area (Å²) in [5, 5.41) is 9.42. The zero-order valence-corrected chi connectivity index (χ0v) is 32.2. The number of rotatable bonds is 6. The standard InChI is InChI=1S/C52H37N7/c1-33(15-12-27-47(53)57-42-23-8-2-16-34(42)35-17-3-9-24-43(35)57)56-41-22-7-6-20-38(41)39-30-31-46-50(51(39)56)40-21-14-32-54-52(40)59(46)49-29-13-28-48(55-49)58-44-25-10-4-18-36(44)37-19-5-11-26-45(37)58/h2-33H,53H2,1H3/b15-12-,47-27+. The Morgan fingerprint density at radius 3 is 1.68 bits per heavy atom. The third kappa shape index (κ3) is 4.82. The number of para-hydroxylation sites is 5. The lowest BCUT2D eigenvalue weighted by Crippen LogP contribution is -2.06. The summed E-state index contributed by atoms with van der Waals surface area (Å²) in [6, 6.07) is 57.7. The second kappa shape index (κ2) is 12.8. The first-order valence-corrected chi connectivity index (χ1v) is 20.0. The zero-order valence-electron chi connectivity index (χ0n) is 32.2. The molecule has 0 saturated heterocycles. The van der Waals surface area contributed by atoms with Crippen molar-refractivity contribution >= 4 is 93.2 Å². The van der Waals surface area contributed by atoms with Crippen LogP contribution in [0.5, 0.6) is 0 Å². The monoisotopic (exact) mass is 759 g/mol. The first-order chi connectivity index (χ1) is 29.2. The van der Waals surface area contributed by atoms with Crippen molar-refractivity contribution in [3.63, 3.8) is 0 Å². The maximum atomic E-state index is 6.90. The van der Waals surface area contributed by atoms with Crippen LogP contribution in [0.3, 0.4) is 0 Å². The number of nitrogens with zero attached hydrogens (tertiary/aromatic N) is 6. The molecule has 0 aliphatic rings. The summed E-state index contributed by atoms with van der Waals surface area (Å²) in [6.45, 7) is 2.25. The summed E-state index contributed by atoms with van der Waals surface area (Å²) >= 11 is 0. The Balaban J connectivity index is 1.04. The molecule has 6 heterocycles. The van der Waals surface area contributed by atoms with Crippen molar-refractivity contribution in [3.05, 3.63) is 188 Å². The molecule has 59 heavy (non-hydrogen) atoms. The zero-order chi connectivity index (χ0) is 39.2. The normalized spacial score (nSPS) is 13.2. The van der Waals surface area contributed by atoms with E-state index in [1.54, 1.807) is 0 Å². The van der Waals surface area contributed by atoms with Gasteiger partial charge in [-0.2, -0.15) is 0 Å². The highest BCUT2D eigenvalue weighted by Crippen LogP contribution is 2.42. The van der Waals surface area contributed by atoms with Gasteiger partial charge in [-0.1, -0.05) is 115 Å². The minimum atomic E-state index is -0.0166. The highest BCUT2D eigenvalue weighted by atomic mass is 15.2. The number of allylic oxidation sites excluding steroid dienone is 3. The summed E-state index contributed by atoms with van der Waals surface area (Å²) in [5.41, 5.74) is 15.6. The van der Waals surface area contributed by atoms with Crippen LogP contribution in [0.15, 0.2) is 188 Å². The van der Waals surface area contributed by atoms with E-state index in [-0.39, 0.29) is 6.04 Å². The van der Waals surface area contributed by atoms with Gasteiger partial charge in [0.05, 0.1) is 33.1 Å². The van der Waals surface area contributed by atoms with Crippen LogP contribution < -0.4 is 5.73 Å². The Hall–Kier alpha value is -7.90. The molecule has 1 atom stereocenters. The van der Waals surface area contributed by atoms with Crippen LogP contribution in [-0.4, -0.2) is 28.2 Å². The molecule has 6 aromatic carbocycles. The van der Waals surface area contributed by atoms with Crippen molar-refractivity contribution < 1.29 is 0 Å². The van der Waals surface area contributed by atoms with E-state index in [0.717, 1.165) is 61.2 Å². The molecule has 12 aromatic rings. The SMILES string of the molecule is CC(/C=C\C=C(/N)n1c2ccccc2c2ccccc21)n1c2ccccc2c2ccc3c(c4cccnc4n3-c3cccc(-n4c5ccccc5c5ccccc54)n3)c21. The Labute approximate surface area is 338 Å². The van der Waals surface area contributed by atoms with Gasteiger partial charge < -0.3 is 10.3 Å². The van der Waals surface area contributed by atoms with E-state index in [1.165, 1.54) is 37.8 Å². The maximum Gasteiger partial charge on any atom is 0.146 e. The smallest absolute Gasteiger partial charge is 0.146 e. The largest absolute Gasteiger partial charge is 0.385 e. The molecule has 2 N–H and O–H groups in total. The number of hydrogen-bond acceptors (Lipinski definition) is 3. The summed E-state index contributed by atoms with van der Waals surface area (Å²) in [5.74, 6) is 2.33. The molecule has 280 valence electrons. The molecule has 0 saturated carbocycles. The van der Waals surface area contributed by atoms with Crippen LogP contribution in [0.25, 0.3) is 105 Å². The van der Waals surface area contributed by atoms with Gasteiger partial charge in [0.25, 0.3) is 0 Å². The van der Waals surface area contributed by atoms with Crippen LogP contribution in [-0.2, 0) is 0 Å². The van der Waals surface area contributed by atoms with Crippen molar-refractivity contribution in [1.29, 1.82) is 0 Å². The van der Waals surface area contributed by atoms with Crippen molar-refractivity contribution in [3.8, 4) is 11.6 Å². The molecule has 7 nitrogen and oxygen atoms in total. The minimum absolute atomic E-state index is 0.0166. The fourth-order valence-electron chi connectivity index (χ4n) is 9.58. The maximum absolute atomic E-state index is 6.90. The van der Waals surface area contributed by atoms with Crippen LogP contribution >= 0.6 is 0 Å². The van der Waals surface area contributed by atoms with E-state index in [1.807, 2.05) is 18.3 Å². The van der Waals surface area contributed by atoms with Crippen LogP contribution in [0, 0.1) is 0 Å². The molecule has 0 fully saturated rings. The van der Waals surface area contributed by atoms with Gasteiger partial charge in [0, 0.05) is 60.8 Å². The number of fused-ring (bicyclic) bond motifs is 13. The second-order valence-electron chi connectivity index (χ2n) is 15.3. The van der Waals surface area contributed by atoms with E-state index in [2.05, 4.69) is 195 Å². The van der Waals surface area contributed by atoms with Crippen LogP contribution in [0.1, 0.15) is 13.0 Å². The molecule has 0 aliphatic carbocycles. The van der Waals surface area contributed by atoms with Gasteiger partial charge in [0.15, 0.2) is 0 Å². The Morgan fingerprint density at radius 1 is 0.508 bits per heavy atom. The summed E-state index contributed by atoms with van der Waals surface area (Å²) in [4.78, 5) is 10.4. The highest BCUT2D eigenvalue weighted by molar-refractivity contribution is 6.25. The Bertz CT molecular complexity index is 3610. The lowest BCUT2D eigenvalue weighted by molar-refractivity contribution is 0.712. The third-order valence-electron chi connectivity index (χ3n) is 12.0. The molecular weight excluding hydrogens is 723 g/mol. The van der Waals surface area contributed by atoms with E-state index in [9.17, 15) is 0 Å². The molecule has 7 heteroatoms. The van der Waals surface area contributed by atoms with Crippen molar-refractivity contribution in [2.75, 3.05) is 0 Å². The predicted molar refractivity (Wildman–Crippen MR) is 245 cm³/mol. The molecule has 6 aromatic heterocycles. The van der Waals surface area contributed by atoms with E-state index in [4.69, 9.17) is 15.7 Å². The number of aromatic nitrogens is 6. The average molecular weight is 760 g/mol. The Morgan fingerprint density at radius 2 is 1.03 bits per heavy atom. The van der Waals surface area contributed by atoms with E-state index in [0.29, 0.717) is 5.82 Å². The number of hydrogen-bond donors (Lipinski definition) is 1. The van der Waals surface area contributed by atoms with Gasteiger partial charge in [0.1, 0.15) is 23.1 Å². The predicted octanol–water partition coefficient (Wildman–Crippen LogP) is 12.5. The number of benzene rings is 6. The Kier molecular flexibility index (Phi) is 7.22. The molecule has 0 spiro atoms. The lowest BCUT2D eigenvalue weighted by atomic mass is 10.1. The van der Waals surface area contributed by atoms with Crippen LogP contribution in [0.2, 0.25) is 0 Å². The molecule has 12 rings (SSSR count). The molecule has 1 unspecified atom stereocenters. The van der Waals surface area contributed by atoms with Crippen molar-refractivity contribution in [2.45, 2.75) is 13.0 Å². The van der Waals surface area contributed by atoms with E-state index < -0.39 is 0 Å². The summed E-state index contributed by atoms with van der Waals surface area (Å²) in [6.07, 6.45) is 8.23. The lowest BCUT2D eigenvalue weighted by Gasteiger charge is -2.14. The van der Waals surface area contributed by atoms with Gasteiger partial charge in [-0.25, -0.2) is 9.97 Å². The summed E-state index contributed by atoms with van der Waals surface area (Å²) in [7, 11) is 0. The van der Waals surface area contributed by atoms with Crippen molar-refractivity contribution in [2.24, 2.45) is 5.73 Å². The van der Waals surface area contributed by atoms with Gasteiger partial charge in [0.2, 0.25) is 0 Å². The third-order valence-corrected chi connectivity index (χ3v) is 12.0. The van der Waals surface area contributed by atoms with Gasteiger partial charge in [-0.05, 0) is 73.7 Å². The van der Waals surface area contributed by atoms with Gasteiger partial charge >= 0.3 is 0 Å². The number of nitrogens with two attached hydrogens (primary N) is 1. The van der Waals surface area contributed by atoms with Gasteiger partial charge in [-0.3, -0.25) is 13.7 Å². The number of pyridine rings is 2. The first-order valence-electron chi connectivity index (χ1n) is 20.0. The molecule has 0 radical (unpaired) electrons. The van der Waals surface area contributed by atoms with E-state index >= 15 is 0 Å². The quantitative estimate of drug-likeness (QED) is 0.172. The molecule has 0 bridgehead atoms. The first kappa shape index (κ1) is 33.3.